The maximum atomic E-state index is 11.6. The molecule has 1 aromatic heterocycles. The van der Waals surface area contributed by atoms with Gasteiger partial charge in [0.15, 0.2) is 0 Å². The van der Waals surface area contributed by atoms with Gasteiger partial charge in [-0.05, 0) is 24.1 Å². The van der Waals surface area contributed by atoms with Gasteiger partial charge in [-0.1, -0.05) is 19.9 Å². The van der Waals surface area contributed by atoms with E-state index in [1.54, 1.807) is 0 Å². The average molecular weight is 310 g/mol. The van der Waals surface area contributed by atoms with Crippen LogP contribution >= 0.6 is 0 Å². The third kappa shape index (κ3) is 3.81. The van der Waals surface area contributed by atoms with Crippen LogP contribution in [0.1, 0.15) is 31.2 Å². The van der Waals surface area contributed by atoms with Gasteiger partial charge in [0.05, 0.1) is 11.0 Å². The summed E-state index contributed by atoms with van der Waals surface area (Å²) in [5.41, 5.74) is 3.01. The molecular formula is C14H22N4O2S. The molecule has 7 heteroatoms. The molecule has 21 heavy (non-hydrogen) atoms. The summed E-state index contributed by atoms with van der Waals surface area (Å²) in [5.74, 6) is 1.32. The quantitative estimate of drug-likeness (QED) is 0.851. The summed E-state index contributed by atoms with van der Waals surface area (Å²) in [6.45, 7) is 4.56. The molecule has 2 aromatic rings. The van der Waals surface area contributed by atoms with Crippen molar-refractivity contribution in [2.24, 2.45) is 0 Å². The highest BCUT2D eigenvalue weighted by Gasteiger charge is 2.12. The van der Waals surface area contributed by atoms with Crippen LogP contribution in [-0.4, -0.2) is 43.3 Å². The fourth-order valence-electron chi connectivity index (χ4n) is 1.96. The molecular weight excluding hydrogens is 288 g/mol. The molecule has 0 aliphatic rings. The van der Waals surface area contributed by atoms with Crippen molar-refractivity contribution in [3.05, 3.63) is 29.6 Å². The van der Waals surface area contributed by atoms with E-state index < -0.39 is 10.2 Å². The number of rotatable bonds is 6. The molecule has 0 fully saturated rings. The zero-order chi connectivity index (χ0) is 15.6. The monoisotopic (exact) mass is 310 g/mol. The zero-order valence-electron chi connectivity index (χ0n) is 12.8. The maximum Gasteiger partial charge on any atom is 0.278 e. The summed E-state index contributed by atoms with van der Waals surface area (Å²) in [6, 6.07) is 5.98. The van der Waals surface area contributed by atoms with Crippen LogP contribution in [0.5, 0.6) is 0 Å². The topological polar surface area (TPSA) is 78.1 Å². The van der Waals surface area contributed by atoms with E-state index in [-0.39, 0.29) is 0 Å². The number of H-pyrrole nitrogens is 1. The van der Waals surface area contributed by atoms with Crippen molar-refractivity contribution in [1.82, 2.24) is 19.0 Å². The highest BCUT2D eigenvalue weighted by atomic mass is 32.2. The van der Waals surface area contributed by atoms with E-state index >= 15 is 0 Å². The van der Waals surface area contributed by atoms with Crippen LogP contribution in [0.15, 0.2) is 18.2 Å². The molecule has 6 nitrogen and oxygen atoms in total. The van der Waals surface area contributed by atoms with E-state index in [0.717, 1.165) is 22.4 Å². The number of aromatic amines is 1. The van der Waals surface area contributed by atoms with Gasteiger partial charge in [-0.2, -0.15) is 12.7 Å². The minimum Gasteiger partial charge on any atom is -0.342 e. The molecule has 0 saturated heterocycles. The van der Waals surface area contributed by atoms with Crippen molar-refractivity contribution in [2.75, 3.05) is 20.6 Å². The van der Waals surface area contributed by atoms with E-state index in [1.165, 1.54) is 18.4 Å². The van der Waals surface area contributed by atoms with E-state index in [0.29, 0.717) is 18.9 Å². The minimum atomic E-state index is -3.35. The van der Waals surface area contributed by atoms with Crippen molar-refractivity contribution < 1.29 is 8.42 Å². The van der Waals surface area contributed by atoms with Crippen molar-refractivity contribution in [1.29, 1.82) is 0 Å². The molecule has 2 rings (SSSR count). The largest absolute Gasteiger partial charge is 0.342 e. The van der Waals surface area contributed by atoms with Crippen LogP contribution < -0.4 is 4.72 Å². The van der Waals surface area contributed by atoms with E-state index in [4.69, 9.17) is 0 Å². The Hall–Kier alpha value is -1.44. The van der Waals surface area contributed by atoms with Crippen LogP contribution in [-0.2, 0) is 16.6 Å². The Morgan fingerprint density at radius 1 is 1.33 bits per heavy atom. The summed E-state index contributed by atoms with van der Waals surface area (Å²) in [5, 5.41) is 0. The molecule has 2 N–H and O–H groups in total. The van der Waals surface area contributed by atoms with Crippen LogP contribution in [0, 0.1) is 0 Å². The lowest BCUT2D eigenvalue weighted by Crippen LogP contribution is -2.36. The molecule has 0 amide bonds. The van der Waals surface area contributed by atoms with E-state index in [1.807, 2.05) is 18.2 Å². The average Bonchev–Trinajstić information content (AvgIpc) is 2.81. The number of nitrogens with one attached hydrogen (secondary N) is 2. The fourth-order valence-corrected chi connectivity index (χ4v) is 2.58. The highest BCUT2D eigenvalue weighted by molar-refractivity contribution is 7.87. The van der Waals surface area contributed by atoms with Gasteiger partial charge in [0.2, 0.25) is 0 Å². The van der Waals surface area contributed by atoms with Gasteiger partial charge in [0, 0.05) is 26.6 Å². The summed E-state index contributed by atoms with van der Waals surface area (Å²) in [4.78, 5) is 7.82. The van der Waals surface area contributed by atoms with Crippen molar-refractivity contribution >= 4 is 21.2 Å². The number of hydrogen-bond acceptors (Lipinski definition) is 3. The van der Waals surface area contributed by atoms with Gasteiger partial charge in [0.25, 0.3) is 10.2 Å². The third-order valence-corrected chi connectivity index (χ3v) is 4.82. The van der Waals surface area contributed by atoms with E-state index in [2.05, 4.69) is 28.5 Å². The van der Waals surface area contributed by atoms with Gasteiger partial charge in [0.1, 0.15) is 5.82 Å². The molecule has 0 spiro atoms. The van der Waals surface area contributed by atoms with Crippen molar-refractivity contribution in [3.63, 3.8) is 0 Å². The summed E-state index contributed by atoms with van der Waals surface area (Å²) in [6.07, 6.45) is 0.638. The molecule has 0 saturated carbocycles. The van der Waals surface area contributed by atoms with Crippen LogP contribution in [0.4, 0.5) is 0 Å². The highest BCUT2D eigenvalue weighted by Crippen LogP contribution is 2.18. The number of fused-ring (bicyclic) bond motifs is 1. The molecule has 1 aromatic carbocycles. The molecule has 0 atom stereocenters. The first-order valence-electron chi connectivity index (χ1n) is 6.95. The van der Waals surface area contributed by atoms with Crippen molar-refractivity contribution in [3.8, 4) is 0 Å². The van der Waals surface area contributed by atoms with Gasteiger partial charge in [-0.25, -0.2) is 9.71 Å². The first-order chi connectivity index (χ1) is 9.79. The zero-order valence-corrected chi connectivity index (χ0v) is 13.7. The minimum absolute atomic E-state index is 0.354. The molecule has 0 aliphatic heterocycles. The smallest absolute Gasteiger partial charge is 0.278 e. The van der Waals surface area contributed by atoms with Gasteiger partial charge in [-0.15, -0.1) is 0 Å². The molecule has 0 bridgehead atoms. The Morgan fingerprint density at radius 3 is 2.67 bits per heavy atom. The van der Waals surface area contributed by atoms with Gasteiger partial charge >= 0.3 is 0 Å². The van der Waals surface area contributed by atoms with E-state index in [9.17, 15) is 8.42 Å². The van der Waals surface area contributed by atoms with Crippen LogP contribution in [0.3, 0.4) is 0 Å². The van der Waals surface area contributed by atoms with Gasteiger partial charge < -0.3 is 4.98 Å². The first kappa shape index (κ1) is 15.9. The summed E-state index contributed by atoms with van der Waals surface area (Å²) >= 11 is 0. The second-order valence-corrected chi connectivity index (χ2v) is 7.53. The SMILES string of the molecule is CC(C)c1nc2ccc(CCNS(=O)(=O)N(C)C)cc2[nH]1. The number of benzene rings is 1. The predicted octanol–water partition coefficient (Wildman–Crippen LogP) is 1.62. The Kier molecular flexibility index (Phi) is 4.65. The number of nitrogens with zero attached hydrogens (tertiary/aromatic N) is 2. The maximum absolute atomic E-state index is 11.6. The third-order valence-electron chi connectivity index (χ3n) is 3.29. The van der Waals surface area contributed by atoms with Crippen LogP contribution in [0.25, 0.3) is 11.0 Å². The first-order valence-corrected chi connectivity index (χ1v) is 8.39. The Balaban J connectivity index is 2.06. The Labute approximate surface area is 125 Å². The standard InChI is InChI=1S/C14H22N4O2S/c1-10(2)14-16-12-6-5-11(9-13(12)17-14)7-8-15-21(19,20)18(3)4/h5-6,9-10,15H,7-8H2,1-4H3,(H,16,17). The Bertz CT molecular complexity index is 720. The number of aromatic nitrogens is 2. The lowest BCUT2D eigenvalue weighted by atomic mass is 10.1. The lowest BCUT2D eigenvalue weighted by molar-refractivity contribution is 0.506. The summed E-state index contributed by atoms with van der Waals surface area (Å²) < 4.78 is 26.9. The molecule has 0 aliphatic carbocycles. The van der Waals surface area contributed by atoms with Crippen molar-refractivity contribution in [2.45, 2.75) is 26.2 Å². The fraction of sp³-hybridized carbons (Fsp3) is 0.500. The molecule has 116 valence electrons. The molecule has 0 unspecified atom stereocenters. The lowest BCUT2D eigenvalue weighted by Gasteiger charge is -2.12. The number of hydrogen-bond donors (Lipinski definition) is 2. The second kappa shape index (κ2) is 6.13. The van der Waals surface area contributed by atoms with Gasteiger partial charge in [-0.3, -0.25) is 0 Å². The summed E-state index contributed by atoms with van der Waals surface area (Å²) in [7, 11) is -0.342. The Morgan fingerprint density at radius 2 is 2.05 bits per heavy atom. The number of imidazole rings is 1. The predicted molar refractivity (Wildman–Crippen MR) is 84.5 cm³/mol. The van der Waals surface area contributed by atoms with Crippen LogP contribution in [0.2, 0.25) is 0 Å². The molecule has 1 heterocycles. The second-order valence-electron chi connectivity index (χ2n) is 5.56. The molecule has 0 radical (unpaired) electrons. The normalized spacial score (nSPS) is 12.7.